The van der Waals surface area contributed by atoms with Crippen LogP contribution in [0.5, 0.6) is 5.75 Å². The van der Waals surface area contributed by atoms with Crippen molar-refractivity contribution in [2.75, 3.05) is 13.2 Å². The third kappa shape index (κ3) is 3.96. The third-order valence-corrected chi connectivity index (χ3v) is 2.20. The second kappa shape index (κ2) is 6.93. The first-order valence-electron chi connectivity index (χ1n) is 5.07. The lowest BCUT2D eigenvalue weighted by Gasteiger charge is -2.06. The molecule has 0 N–H and O–H groups in total. The fourth-order valence-corrected chi connectivity index (χ4v) is 1.46. The second-order valence-corrected chi connectivity index (χ2v) is 3.44. The van der Waals surface area contributed by atoms with Gasteiger partial charge in [-0.05, 0) is 37.4 Å². The van der Waals surface area contributed by atoms with E-state index in [-0.39, 0.29) is 0 Å². The van der Waals surface area contributed by atoms with Crippen LogP contribution in [0.15, 0.2) is 17.2 Å². The van der Waals surface area contributed by atoms with Crippen LogP contribution in [-0.2, 0) is 6.42 Å². The molecule has 0 unspecified atom stereocenters. The first-order chi connectivity index (χ1) is 7.77. The van der Waals surface area contributed by atoms with E-state index in [9.17, 15) is 0 Å². The molecular weight excluding hydrogens is 228 g/mol. The van der Waals surface area contributed by atoms with Crippen LogP contribution in [0.4, 0.5) is 0 Å². The maximum atomic E-state index is 8.11. The molecule has 1 aromatic rings. The van der Waals surface area contributed by atoms with Gasteiger partial charge in [-0.25, -0.2) is 4.98 Å². The van der Waals surface area contributed by atoms with Crippen molar-refractivity contribution in [3.8, 4) is 5.75 Å². The van der Waals surface area contributed by atoms with Crippen LogP contribution in [0.1, 0.15) is 19.0 Å². The molecule has 0 aliphatic heterocycles. The Hall–Kier alpha value is -1.45. The van der Waals surface area contributed by atoms with Gasteiger partial charge >= 0.3 is 0 Å². The molecule has 86 valence electrons. The Morgan fingerprint density at radius 3 is 3.00 bits per heavy atom. The summed E-state index contributed by atoms with van der Waals surface area (Å²) in [6.07, 6.45) is 1.51. The van der Waals surface area contributed by atoms with E-state index in [1.165, 1.54) is 0 Å². The van der Waals surface area contributed by atoms with Gasteiger partial charge in [-0.15, -0.1) is 0 Å². The Kier molecular flexibility index (Phi) is 5.46. The Morgan fingerprint density at radius 2 is 2.38 bits per heavy atom. The summed E-state index contributed by atoms with van der Waals surface area (Å²) in [5.74, 6) is 0.600. The van der Waals surface area contributed by atoms with Gasteiger partial charge < -0.3 is 4.74 Å². The van der Waals surface area contributed by atoms with Gasteiger partial charge in [-0.3, -0.25) is 0 Å². The highest BCUT2D eigenvalue weighted by Crippen LogP contribution is 2.22. The number of aryl methyl sites for hydroxylation is 1. The molecular formula is C10H13ClN4O. The Bertz CT molecular complexity index is 390. The minimum absolute atomic E-state index is 0.378. The van der Waals surface area contributed by atoms with Crippen LogP contribution in [-0.4, -0.2) is 18.1 Å². The summed E-state index contributed by atoms with van der Waals surface area (Å²) in [7, 11) is 0. The number of azide groups is 1. The van der Waals surface area contributed by atoms with Crippen LogP contribution < -0.4 is 4.74 Å². The summed E-state index contributed by atoms with van der Waals surface area (Å²) >= 11 is 5.93. The summed E-state index contributed by atoms with van der Waals surface area (Å²) in [5, 5.41) is 3.83. The molecule has 0 spiro atoms. The van der Waals surface area contributed by atoms with E-state index >= 15 is 0 Å². The van der Waals surface area contributed by atoms with E-state index < -0.39 is 0 Å². The van der Waals surface area contributed by atoms with Crippen molar-refractivity contribution in [2.45, 2.75) is 19.8 Å². The lowest BCUT2D eigenvalue weighted by atomic mass is 10.2. The molecule has 1 aromatic heterocycles. The number of pyridine rings is 1. The van der Waals surface area contributed by atoms with E-state index in [0.29, 0.717) is 24.1 Å². The maximum Gasteiger partial charge on any atom is 0.171 e. The van der Waals surface area contributed by atoms with Gasteiger partial charge in [0.05, 0.1) is 6.61 Å². The molecule has 0 fully saturated rings. The van der Waals surface area contributed by atoms with Crippen molar-refractivity contribution >= 4 is 11.6 Å². The molecule has 1 rings (SSSR count). The van der Waals surface area contributed by atoms with E-state index in [0.717, 1.165) is 18.5 Å². The minimum atomic E-state index is 0.378. The van der Waals surface area contributed by atoms with Crippen molar-refractivity contribution < 1.29 is 4.74 Å². The molecule has 0 saturated carbocycles. The monoisotopic (exact) mass is 240 g/mol. The van der Waals surface area contributed by atoms with Gasteiger partial charge in [0.25, 0.3) is 0 Å². The van der Waals surface area contributed by atoms with Gasteiger partial charge in [0.15, 0.2) is 10.9 Å². The molecule has 0 aliphatic rings. The lowest BCUT2D eigenvalue weighted by Crippen LogP contribution is -1.97. The van der Waals surface area contributed by atoms with E-state index in [1.807, 2.05) is 19.1 Å². The minimum Gasteiger partial charge on any atom is -0.491 e. The van der Waals surface area contributed by atoms with Gasteiger partial charge in [0.2, 0.25) is 0 Å². The number of hydrogen-bond acceptors (Lipinski definition) is 3. The van der Waals surface area contributed by atoms with E-state index in [1.54, 1.807) is 0 Å². The summed E-state index contributed by atoms with van der Waals surface area (Å²) in [4.78, 5) is 6.88. The number of halogens is 1. The summed E-state index contributed by atoms with van der Waals surface area (Å²) in [6, 6.07) is 3.68. The highest BCUT2D eigenvalue weighted by atomic mass is 35.5. The molecule has 16 heavy (non-hydrogen) atoms. The first-order valence-corrected chi connectivity index (χ1v) is 5.44. The fraction of sp³-hybridized carbons (Fsp3) is 0.500. The highest BCUT2D eigenvalue weighted by molar-refractivity contribution is 6.30. The van der Waals surface area contributed by atoms with Crippen LogP contribution in [0.3, 0.4) is 0 Å². The fourth-order valence-electron chi connectivity index (χ4n) is 1.24. The van der Waals surface area contributed by atoms with Gasteiger partial charge in [0, 0.05) is 17.2 Å². The van der Waals surface area contributed by atoms with E-state index in [2.05, 4.69) is 15.0 Å². The Morgan fingerprint density at radius 1 is 1.56 bits per heavy atom. The maximum absolute atomic E-state index is 8.11. The lowest BCUT2D eigenvalue weighted by molar-refractivity contribution is 0.339. The highest BCUT2D eigenvalue weighted by Gasteiger charge is 2.03. The molecule has 0 aromatic carbocycles. The van der Waals surface area contributed by atoms with Gasteiger partial charge in [0.1, 0.15) is 0 Å². The SMILES string of the molecule is CCOc1ccc(CCCN=[N+]=[N-])nc1Cl. The van der Waals surface area contributed by atoms with Crippen molar-refractivity contribution in [3.05, 3.63) is 33.4 Å². The quantitative estimate of drug-likeness (QED) is 0.251. The zero-order chi connectivity index (χ0) is 11.8. The Balaban J connectivity index is 2.55. The summed E-state index contributed by atoms with van der Waals surface area (Å²) in [5.41, 5.74) is 8.98. The van der Waals surface area contributed by atoms with Crippen LogP contribution >= 0.6 is 11.6 Å². The third-order valence-electron chi connectivity index (χ3n) is 1.93. The predicted molar refractivity (Wildman–Crippen MR) is 62.8 cm³/mol. The number of hydrogen-bond donors (Lipinski definition) is 0. The largest absolute Gasteiger partial charge is 0.491 e. The molecule has 0 atom stereocenters. The zero-order valence-corrected chi connectivity index (χ0v) is 9.81. The van der Waals surface area contributed by atoms with Crippen molar-refractivity contribution in [2.24, 2.45) is 5.11 Å². The molecule has 5 nitrogen and oxygen atoms in total. The smallest absolute Gasteiger partial charge is 0.171 e. The number of ether oxygens (including phenoxy) is 1. The molecule has 0 radical (unpaired) electrons. The number of rotatable bonds is 6. The zero-order valence-electron chi connectivity index (χ0n) is 9.06. The second-order valence-electron chi connectivity index (χ2n) is 3.08. The van der Waals surface area contributed by atoms with Gasteiger partial charge in [-0.1, -0.05) is 16.7 Å². The average molecular weight is 241 g/mol. The van der Waals surface area contributed by atoms with Crippen LogP contribution in [0.2, 0.25) is 5.15 Å². The average Bonchev–Trinajstić information content (AvgIpc) is 2.28. The van der Waals surface area contributed by atoms with Crippen LogP contribution in [0, 0.1) is 0 Å². The van der Waals surface area contributed by atoms with Crippen molar-refractivity contribution in [1.29, 1.82) is 0 Å². The van der Waals surface area contributed by atoms with E-state index in [4.69, 9.17) is 21.9 Å². The molecule has 0 bridgehead atoms. The number of aromatic nitrogens is 1. The topological polar surface area (TPSA) is 70.9 Å². The molecule has 0 saturated heterocycles. The van der Waals surface area contributed by atoms with Crippen molar-refractivity contribution in [1.82, 2.24) is 4.98 Å². The molecule has 0 amide bonds. The summed E-state index contributed by atoms with van der Waals surface area (Å²) in [6.45, 7) is 2.94. The predicted octanol–water partition coefficient (Wildman–Crippen LogP) is 3.38. The standard InChI is InChI=1S/C10H13ClN4O/c1-2-16-9-6-5-8(14-10(9)11)4-3-7-13-15-12/h5-6H,2-4,7H2,1H3. The Labute approximate surface area is 99.0 Å². The van der Waals surface area contributed by atoms with Gasteiger partial charge in [-0.2, -0.15) is 0 Å². The first kappa shape index (κ1) is 12.6. The number of nitrogens with zero attached hydrogens (tertiary/aromatic N) is 4. The summed E-state index contributed by atoms with van der Waals surface area (Å²) < 4.78 is 5.27. The molecule has 0 aliphatic carbocycles. The normalized spacial score (nSPS) is 9.62. The van der Waals surface area contributed by atoms with Crippen LogP contribution in [0.25, 0.3) is 10.4 Å². The molecule has 6 heteroatoms. The molecule has 1 heterocycles. The van der Waals surface area contributed by atoms with Crippen molar-refractivity contribution in [3.63, 3.8) is 0 Å².